The molecule has 2 heterocycles. The summed E-state index contributed by atoms with van der Waals surface area (Å²) in [5.74, 6) is 1.16. The fraction of sp³-hybridized carbons (Fsp3) is 0.389. The number of hydrogen-bond acceptors (Lipinski definition) is 5. The second kappa shape index (κ2) is 6.88. The Hall–Kier alpha value is -2.34. The third kappa shape index (κ3) is 4.02. The molecule has 0 saturated carbocycles. The summed E-state index contributed by atoms with van der Waals surface area (Å²) in [4.78, 5) is 22.6. The van der Waals surface area contributed by atoms with Gasteiger partial charge in [-0.05, 0) is 26.8 Å². The molecule has 0 radical (unpaired) electrons. The van der Waals surface area contributed by atoms with Gasteiger partial charge in [0.2, 0.25) is 0 Å². The van der Waals surface area contributed by atoms with Crippen LogP contribution in [0.4, 0.5) is 10.6 Å². The minimum Gasteiger partial charge on any atom is -0.493 e. The summed E-state index contributed by atoms with van der Waals surface area (Å²) in [6.07, 6.45) is 1.47. The maximum absolute atomic E-state index is 12.9. The summed E-state index contributed by atoms with van der Waals surface area (Å²) in [5, 5.41) is 0.263. The number of nitrogens with zero attached hydrogens (tertiary/aromatic N) is 3. The number of benzene rings is 1. The van der Waals surface area contributed by atoms with E-state index in [1.165, 1.54) is 11.2 Å². The molecule has 25 heavy (non-hydrogen) atoms. The van der Waals surface area contributed by atoms with E-state index in [-0.39, 0.29) is 11.2 Å². The van der Waals surface area contributed by atoms with Gasteiger partial charge in [0.1, 0.15) is 28.6 Å². The number of rotatable bonds is 2. The Morgan fingerprint density at radius 2 is 2.08 bits per heavy atom. The summed E-state index contributed by atoms with van der Waals surface area (Å²) < 4.78 is 11.3. The molecule has 1 unspecified atom stereocenters. The van der Waals surface area contributed by atoms with Crippen LogP contribution in [0.1, 0.15) is 38.8 Å². The van der Waals surface area contributed by atoms with Crippen LogP contribution in [0.15, 0.2) is 36.7 Å². The quantitative estimate of drug-likeness (QED) is 0.742. The van der Waals surface area contributed by atoms with E-state index in [1.807, 2.05) is 45.0 Å². The molecule has 7 heteroatoms. The molecule has 0 fully saturated rings. The molecule has 3 rings (SSSR count). The highest BCUT2D eigenvalue weighted by molar-refractivity contribution is 6.29. The second-order valence-electron chi connectivity index (χ2n) is 6.74. The van der Waals surface area contributed by atoms with Gasteiger partial charge in [0.05, 0.1) is 12.6 Å². The fourth-order valence-corrected chi connectivity index (χ4v) is 2.88. The summed E-state index contributed by atoms with van der Waals surface area (Å²) in [6, 6.07) is 8.96. The van der Waals surface area contributed by atoms with Gasteiger partial charge in [-0.15, -0.1) is 0 Å². The van der Waals surface area contributed by atoms with E-state index >= 15 is 0 Å². The van der Waals surface area contributed by atoms with Crippen molar-refractivity contribution in [2.75, 3.05) is 11.5 Å². The van der Waals surface area contributed by atoms with Crippen molar-refractivity contribution < 1.29 is 14.3 Å². The van der Waals surface area contributed by atoms with E-state index < -0.39 is 11.7 Å². The lowest BCUT2D eigenvalue weighted by Gasteiger charge is -2.35. The Morgan fingerprint density at radius 1 is 1.32 bits per heavy atom. The molecular weight excluding hydrogens is 342 g/mol. The van der Waals surface area contributed by atoms with Gasteiger partial charge >= 0.3 is 6.09 Å². The molecule has 0 aliphatic carbocycles. The van der Waals surface area contributed by atoms with Gasteiger partial charge in [-0.25, -0.2) is 14.8 Å². The molecule has 1 aliphatic heterocycles. The van der Waals surface area contributed by atoms with Crippen molar-refractivity contribution >= 4 is 23.5 Å². The average molecular weight is 362 g/mol. The zero-order chi connectivity index (χ0) is 18.0. The Balaban J connectivity index is 2.04. The van der Waals surface area contributed by atoms with Gasteiger partial charge in [-0.1, -0.05) is 29.8 Å². The SMILES string of the molecule is CC(C)(C)OC(=O)N(c1cc(Cl)ncn1)C1CCOc2ccccc21. The minimum atomic E-state index is -0.628. The largest absolute Gasteiger partial charge is 0.493 e. The lowest BCUT2D eigenvalue weighted by molar-refractivity contribution is 0.0555. The predicted octanol–water partition coefficient (Wildman–Crippen LogP) is 4.40. The van der Waals surface area contributed by atoms with E-state index in [0.717, 1.165) is 11.3 Å². The maximum Gasteiger partial charge on any atom is 0.416 e. The molecule has 6 nitrogen and oxygen atoms in total. The molecule has 0 saturated heterocycles. The number of anilines is 1. The number of amides is 1. The van der Waals surface area contributed by atoms with E-state index in [0.29, 0.717) is 18.8 Å². The van der Waals surface area contributed by atoms with Gasteiger partial charge in [0.25, 0.3) is 0 Å². The van der Waals surface area contributed by atoms with Crippen LogP contribution in [-0.2, 0) is 4.74 Å². The van der Waals surface area contributed by atoms with E-state index in [1.54, 1.807) is 6.07 Å². The summed E-state index contributed by atoms with van der Waals surface area (Å²) in [7, 11) is 0. The molecule has 2 aromatic rings. The van der Waals surface area contributed by atoms with Crippen LogP contribution in [-0.4, -0.2) is 28.3 Å². The lowest BCUT2D eigenvalue weighted by Crippen LogP contribution is -2.41. The third-order valence-corrected chi connectivity index (χ3v) is 3.90. The molecular formula is C18H20ClN3O3. The van der Waals surface area contributed by atoms with Crippen molar-refractivity contribution in [2.45, 2.75) is 38.8 Å². The minimum absolute atomic E-state index is 0.259. The van der Waals surface area contributed by atoms with Crippen LogP contribution in [0.25, 0.3) is 0 Å². The fourth-order valence-electron chi connectivity index (χ4n) is 2.74. The van der Waals surface area contributed by atoms with Crippen LogP contribution in [0, 0.1) is 0 Å². The Kier molecular flexibility index (Phi) is 4.81. The van der Waals surface area contributed by atoms with Crippen molar-refractivity contribution in [3.63, 3.8) is 0 Å². The molecule has 0 N–H and O–H groups in total. The molecule has 1 aromatic heterocycles. The van der Waals surface area contributed by atoms with Crippen LogP contribution in [0.5, 0.6) is 5.75 Å². The smallest absolute Gasteiger partial charge is 0.416 e. The first-order valence-corrected chi connectivity index (χ1v) is 8.44. The molecule has 1 aromatic carbocycles. The van der Waals surface area contributed by atoms with E-state index in [9.17, 15) is 4.79 Å². The number of aromatic nitrogens is 2. The van der Waals surface area contributed by atoms with Crippen LogP contribution >= 0.6 is 11.6 Å². The summed E-state index contributed by atoms with van der Waals surface area (Å²) in [5.41, 5.74) is 0.283. The molecule has 1 aliphatic rings. The summed E-state index contributed by atoms with van der Waals surface area (Å²) in [6.45, 7) is 5.98. The highest BCUT2D eigenvalue weighted by Crippen LogP contribution is 2.38. The van der Waals surface area contributed by atoms with E-state index in [4.69, 9.17) is 21.1 Å². The predicted molar refractivity (Wildman–Crippen MR) is 95.1 cm³/mol. The molecule has 1 atom stereocenters. The first kappa shape index (κ1) is 17.5. The van der Waals surface area contributed by atoms with Gasteiger partial charge in [-0.3, -0.25) is 4.90 Å². The summed E-state index contributed by atoms with van der Waals surface area (Å²) >= 11 is 6.01. The molecule has 0 spiro atoms. The second-order valence-corrected chi connectivity index (χ2v) is 7.13. The van der Waals surface area contributed by atoms with Crippen LogP contribution < -0.4 is 9.64 Å². The number of carbonyl (C=O) groups excluding carboxylic acids is 1. The van der Waals surface area contributed by atoms with Gasteiger partial charge < -0.3 is 9.47 Å². The van der Waals surface area contributed by atoms with Crippen molar-refractivity contribution in [2.24, 2.45) is 0 Å². The third-order valence-electron chi connectivity index (χ3n) is 3.69. The Labute approximate surface area is 151 Å². The first-order chi connectivity index (χ1) is 11.8. The van der Waals surface area contributed by atoms with E-state index in [2.05, 4.69) is 9.97 Å². The zero-order valence-electron chi connectivity index (χ0n) is 14.4. The highest BCUT2D eigenvalue weighted by atomic mass is 35.5. The van der Waals surface area contributed by atoms with Crippen LogP contribution in [0.3, 0.4) is 0 Å². The molecule has 1 amide bonds. The number of ether oxygens (including phenoxy) is 2. The van der Waals surface area contributed by atoms with Gasteiger partial charge in [0, 0.05) is 18.1 Å². The first-order valence-electron chi connectivity index (χ1n) is 8.06. The molecule has 132 valence electrons. The number of carbonyl (C=O) groups is 1. The average Bonchev–Trinajstić information content (AvgIpc) is 2.54. The number of para-hydroxylation sites is 1. The van der Waals surface area contributed by atoms with Gasteiger partial charge in [-0.2, -0.15) is 0 Å². The topological polar surface area (TPSA) is 64.5 Å². The zero-order valence-corrected chi connectivity index (χ0v) is 15.2. The highest BCUT2D eigenvalue weighted by Gasteiger charge is 2.35. The Morgan fingerprint density at radius 3 is 2.80 bits per heavy atom. The standard InChI is InChI=1S/C18H20ClN3O3/c1-18(2,3)25-17(23)22(16-10-15(19)20-11-21-16)13-8-9-24-14-7-5-4-6-12(13)14/h4-7,10-11,13H,8-9H2,1-3H3. The van der Waals surface area contributed by atoms with Gasteiger partial charge in [0.15, 0.2) is 0 Å². The number of fused-ring (bicyclic) bond motifs is 1. The van der Waals surface area contributed by atoms with Crippen molar-refractivity contribution in [1.82, 2.24) is 9.97 Å². The van der Waals surface area contributed by atoms with Crippen molar-refractivity contribution in [3.8, 4) is 5.75 Å². The van der Waals surface area contributed by atoms with Crippen LogP contribution in [0.2, 0.25) is 5.15 Å². The molecule has 0 bridgehead atoms. The van der Waals surface area contributed by atoms with Crippen molar-refractivity contribution in [3.05, 3.63) is 47.4 Å². The normalized spacial score (nSPS) is 16.6. The van der Waals surface area contributed by atoms with Crippen molar-refractivity contribution in [1.29, 1.82) is 0 Å². The Bertz CT molecular complexity index is 776. The number of halogens is 1. The lowest BCUT2D eigenvalue weighted by atomic mass is 9.99. The number of hydrogen-bond donors (Lipinski definition) is 0. The monoisotopic (exact) mass is 361 g/mol. The maximum atomic E-state index is 12.9.